The molecule has 2 nitrogen and oxygen atoms in total. The van der Waals surface area contributed by atoms with Crippen molar-refractivity contribution in [2.24, 2.45) is 0 Å². The van der Waals surface area contributed by atoms with Crippen molar-refractivity contribution in [1.82, 2.24) is 9.97 Å². The van der Waals surface area contributed by atoms with E-state index in [0.29, 0.717) is 0 Å². The molecule has 1 aliphatic rings. The molecule has 1 atom stereocenters. The number of fused-ring (bicyclic) bond motifs is 6. The van der Waals surface area contributed by atoms with Crippen LogP contribution in [0, 0.1) is 0 Å². The average Bonchev–Trinajstić information content (AvgIpc) is 3.62. The van der Waals surface area contributed by atoms with E-state index in [2.05, 4.69) is 153 Å². The average molecular weight is 593 g/mol. The SMILES string of the molecule is CC1(c2ccccc2)c2ccccc2-c2cc(-c3cc(-c4cccc5c4sc4ccccc45)nc(-c4ccccc4)n3)ccc21. The summed E-state index contributed by atoms with van der Waals surface area (Å²) < 4.78 is 2.54. The maximum absolute atomic E-state index is 5.19. The number of nitrogens with zero attached hydrogens (tertiary/aromatic N) is 2. The Morgan fingerprint density at radius 3 is 2.02 bits per heavy atom. The van der Waals surface area contributed by atoms with Crippen molar-refractivity contribution in [3.05, 3.63) is 168 Å². The number of hydrogen-bond donors (Lipinski definition) is 0. The summed E-state index contributed by atoms with van der Waals surface area (Å²) in [5.74, 6) is 0.733. The lowest BCUT2D eigenvalue weighted by atomic mass is 9.74. The fraction of sp³-hybridized carbons (Fsp3) is 0.0476. The summed E-state index contributed by atoms with van der Waals surface area (Å²) in [7, 11) is 0. The minimum atomic E-state index is -0.228. The van der Waals surface area contributed by atoms with Gasteiger partial charge in [0.05, 0.1) is 11.4 Å². The van der Waals surface area contributed by atoms with Crippen molar-refractivity contribution in [2.45, 2.75) is 12.3 Å². The van der Waals surface area contributed by atoms with Gasteiger partial charge in [0, 0.05) is 42.3 Å². The number of benzene rings is 6. The fourth-order valence-electron chi connectivity index (χ4n) is 7.14. The van der Waals surface area contributed by atoms with Crippen LogP contribution in [0.1, 0.15) is 23.6 Å². The van der Waals surface area contributed by atoms with Crippen LogP contribution in [-0.4, -0.2) is 9.97 Å². The highest BCUT2D eigenvalue weighted by atomic mass is 32.1. The molecule has 0 fully saturated rings. The standard InChI is InChI=1S/C42H28N2S/c1-42(29-15-6-3-7-16-29)35-21-10-8-17-30(35)34-25-28(23-24-36(34)42)37-26-38(44-41(43-37)27-13-4-2-5-14-27)33-20-12-19-32-31-18-9-11-22-39(31)45-40(32)33/h2-26H,1H3. The summed E-state index contributed by atoms with van der Waals surface area (Å²) in [6, 6.07) is 54.3. The summed E-state index contributed by atoms with van der Waals surface area (Å²) in [5.41, 5.74) is 11.4. The van der Waals surface area contributed by atoms with Crippen molar-refractivity contribution >= 4 is 31.5 Å². The second-order valence-electron chi connectivity index (χ2n) is 11.9. The molecule has 1 unspecified atom stereocenters. The highest BCUT2D eigenvalue weighted by molar-refractivity contribution is 7.26. The largest absolute Gasteiger partial charge is 0.228 e. The highest BCUT2D eigenvalue weighted by Crippen LogP contribution is 2.53. The maximum Gasteiger partial charge on any atom is 0.160 e. The minimum absolute atomic E-state index is 0.228. The molecule has 0 radical (unpaired) electrons. The van der Waals surface area contributed by atoms with Gasteiger partial charge >= 0.3 is 0 Å². The molecule has 6 aromatic carbocycles. The van der Waals surface area contributed by atoms with Gasteiger partial charge in [0.2, 0.25) is 0 Å². The smallest absolute Gasteiger partial charge is 0.160 e. The molecule has 1 aliphatic carbocycles. The lowest BCUT2D eigenvalue weighted by molar-refractivity contribution is 0.714. The third-order valence-electron chi connectivity index (χ3n) is 9.40. The van der Waals surface area contributed by atoms with Gasteiger partial charge in [-0.1, -0.05) is 133 Å². The molecule has 45 heavy (non-hydrogen) atoms. The zero-order chi connectivity index (χ0) is 30.0. The van der Waals surface area contributed by atoms with Crippen LogP contribution in [-0.2, 0) is 5.41 Å². The third kappa shape index (κ3) is 4.01. The molecule has 2 aromatic heterocycles. The molecule has 0 amide bonds. The number of hydrogen-bond acceptors (Lipinski definition) is 3. The summed E-state index contributed by atoms with van der Waals surface area (Å²) >= 11 is 1.83. The Hall–Kier alpha value is -5.38. The number of aromatic nitrogens is 2. The monoisotopic (exact) mass is 592 g/mol. The van der Waals surface area contributed by atoms with Crippen LogP contribution in [0.3, 0.4) is 0 Å². The molecule has 0 aliphatic heterocycles. The first-order valence-corrected chi connectivity index (χ1v) is 16.2. The maximum atomic E-state index is 5.19. The Labute approximate surface area is 266 Å². The zero-order valence-corrected chi connectivity index (χ0v) is 25.6. The Kier molecular flexibility index (Phi) is 5.84. The van der Waals surface area contributed by atoms with E-state index in [-0.39, 0.29) is 5.41 Å². The molecule has 2 heterocycles. The van der Waals surface area contributed by atoms with Gasteiger partial charge in [-0.2, -0.15) is 0 Å². The van der Waals surface area contributed by atoms with Gasteiger partial charge < -0.3 is 0 Å². The van der Waals surface area contributed by atoms with E-state index in [9.17, 15) is 0 Å². The molecule has 0 N–H and O–H groups in total. The predicted octanol–water partition coefficient (Wildman–Crippen LogP) is 11.2. The molecule has 0 saturated heterocycles. The summed E-state index contributed by atoms with van der Waals surface area (Å²) in [4.78, 5) is 10.4. The number of rotatable bonds is 4. The van der Waals surface area contributed by atoms with Gasteiger partial charge in [-0.3, -0.25) is 0 Å². The Balaban J connectivity index is 1.27. The van der Waals surface area contributed by atoms with Gasteiger partial charge in [-0.15, -0.1) is 11.3 Å². The Morgan fingerprint density at radius 2 is 1.16 bits per heavy atom. The van der Waals surface area contributed by atoms with Crippen LogP contribution in [0.15, 0.2) is 152 Å². The van der Waals surface area contributed by atoms with Crippen molar-refractivity contribution < 1.29 is 0 Å². The molecule has 9 rings (SSSR count). The van der Waals surface area contributed by atoms with Crippen molar-refractivity contribution in [1.29, 1.82) is 0 Å². The normalized spacial score (nSPS) is 15.3. The zero-order valence-electron chi connectivity index (χ0n) is 24.7. The first-order valence-electron chi connectivity index (χ1n) is 15.3. The van der Waals surface area contributed by atoms with Gasteiger partial charge in [0.25, 0.3) is 0 Å². The Bertz CT molecular complexity index is 2390. The van der Waals surface area contributed by atoms with E-state index in [1.807, 2.05) is 17.4 Å². The van der Waals surface area contributed by atoms with Gasteiger partial charge in [0.15, 0.2) is 5.82 Å². The molecular weight excluding hydrogens is 565 g/mol. The van der Waals surface area contributed by atoms with Crippen molar-refractivity contribution in [3.63, 3.8) is 0 Å². The predicted molar refractivity (Wildman–Crippen MR) is 189 cm³/mol. The van der Waals surface area contributed by atoms with Crippen LogP contribution in [0.25, 0.3) is 65.2 Å². The second kappa shape index (κ2) is 10.1. The molecular formula is C42H28N2S. The molecule has 0 spiro atoms. The van der Waals surface area contributed by atoms with E-state index in [1.165, 1.54) is 48.0 Å². The van der Waals surface area contributed by atoms with E-state index in [0.717, 1.165) is 33.9 Å². The van der Waals surface area contributed by atoms with Gasteiger partial charge in [-0.05, 0) is 52.9 Å². The van der Waals surface area contributed by atoms with Crippen LogP contribution in [0.5, 0.6) is 0 Å². The molecule has 0 bridgehead atoms. The lowest BCUT2D eigenvalue weighted by Crippen LogP contribution is -2.22. The van der Waals surface area contributed by atoms with Gasteiger partial charge in [0.1, 0.15) is 0 Å². The van der Waals surface area contributed by atoms with Gasteiger partial charge in [-0.25, -0.2) is 9.97 Å². The molecule has 212 valence electrons. The van der Waals surface area contributed by atoms with Crippen LogP contribution < -0.4 is 0 Å². The first-order chi connectivity index (χ1) is 22.2. The van der Waals surface area contributed by atoms with Crippen molar-refractivity contribution in [3.8, 4) is 45.0 Å². The number of thiophene rings is 1. The second-order valence-corrected chi connectivity index (χ2v) is 13.0. The molecule has 0 saturated carbocycles. The minimum Gasteiger partial charge on any atom is -0.228 e. The van der Waals surface area contributed by atoms with E-state index < -0.39 is 0 Å². The Morgan fingerprint density at radius 1 is 0.489 bits per heavy atom. The quantitative estimate of drug-likeness (QED) is 0.203. The fourth-order valence-corrected chi connectivity index (χ4v) is 8.37. The summed E-state index contributed by atoms with van der Waals surface area (Å²) in [5, 5.41) is 2.56. The topological polar surface area (TPSA) is 25.8 Å². The van der Waals surface area contributed by atoms with Crippen molar-refractivity contribution in [2.75, 3.05) is 0 Å². The highest BCUT2D eigenvalue weighted by Gasteiger charge is 2.40. The van der Waals surface area contributed by atoms with Crippen LogP contribution in [0.2, 0.25) is 0 Å². The van der Waals surface area contributed by atoms with Crippen LogP contribution in [0.4, 0.5) is 0 Å². The van der Waals surface area contributed by atoms with E-state index >= 15 is 0 Å². The summed E-state index contributed by atoms with van der Waals surface area (Å²) in [6.45, 7) is 2.36. The van der Waals surface area contributed by atoms with Crippen LogP contribution >= 0.6 is 11.3 Å². The first kappa shape index (κ1) is 26.1. The third-order valence-corrected chi connectivity index (χ3v) is 10.6. The molecule has 3 heteroatoms. The van der Waals surface area contributed by atoms with E-state index in [4.69, 9.17) is 9.97 Å². The summed E-state index contributed by atoms with van der Waals surface area (Å²) in [6.07, 6.45) is 0. The lowest BCUT2D eigenvalue weighted by Gasteiger charge is -2.28. The molecule has 8 aromatic rings. The van der Waals surface area contributed by atoms with E-state index in [1.54, 1.807) is 0 Å².